The quantitative estimate of drug-likeness (QED) is 0.631. The van der Waals surface area contributed by atoms with Crippen molar-refractivity contribution in [2.75, 3.05) is 0 Å². The van der Waals surface area contributed by atoms with Crippen LogP contribution in [0.3, 0.4) is 0 Å². The van der Waals surface area contributed by atoms with E-state index in [0.717, 1.165) is 0 Å². The first-order chi connectivity index (χ1) is 7.91. The minimum absolute atomic E-state index is 0.112. The molecule has 0 unspecified atom stereocenters. The predicted molar refractivity (Wildman–Crippen MR) is 62.1 cm³/mol. The fourth-order valence-electron chi connectivity index (χ4n) is 1.85. The highest BCUT2D eigenvalue weighted by Gasteiger charge is 2.24. The van der Waals surface area contributed by atoms with Crippen LogP contribution in [0.4, 0.5) is 5.82 Å². The average Bonchev–Trinajstić information content (AvgIpc) is 2.56. The Morgan fingerprint density at radius 3 is 2.71 bits per heavy atom. The SMILES string of the molecule is Cc1nc2c(cc([N+](=O)[O-])n2C(C)C)c(=O)[nH]1. The molecule has 2 rings (SSSR count). The van der Waals surface area contributed by atoms with Gasteiger partial charge in [-0.1, -0.05) is 0 Å². The molecule has 0 radical (unpaired) electrons. The number of aromatic amines is 1. The number of nitrogens with zero attached hydrogens (tertiary/aromatic N) is 3. The molecule has 0 aliphatic rings. The van der Waals surface area contributed by atoms with Gasteiger partial charge in [-0.05, 0) is 25.7 Å². The summed E-state index contributed by atoms with van der Waals surface area (Å²) in [4.78, 5) is 28.8. The fourth-order valence-corrected chi connectivity index (χ4v) is 1.85. The molecule has 0 saturated heterocycles. The van der Waals surface area contributed by atoms with Crippen molar-refractivity contribution in [3.8, 4) is 0 Å². The van der Waals surface area contributed by atoms with Gasteiger partial charge in [0.2, 0.25) is 5.65 Å². The molecule has 0 saturated carbocycles. The number of H-pyrrole nitrogens is 1. The van der Waals surface area contributed by atoms with Crippen LogP contribution in [0.1, 0.15) is 25.7 Å². The van der Waals surface area contributed by atoms with E-state index >= 15 is 0 Å². The normalized spacial score (nSPS) is 11.3. The van der Waals surface area contributed by atoms with Crippen molar-refractivity contribution in [2.45, 2.75) is 26.8 Å². The lowest BCUT2D eigenvalue weighted by atomic mass is 10.4. The van der Waals surface area contributed by atoms with Crippen LogP contribution in [0.15, 0.2) is 10.9 Å². The van der Waals surface area contributed by atoms with Gasteiger partial charge >= 0.3 is 5.82 Å². The van der Waals surface area contributed by atoms with E-state index < -0.39 is 4.92 Å². The second-order valence-corrected chi connectivity index (χ2v) is 4.11. The highest BCUT2D eigenvalue weighted by atomic mass is 16.6. The van der Waals surface area contributed by atoms with E-state index in [9.17, 15) is 14.9 Å². The van der Waals surface area contributed by atoms with E-state index in [1.54, 1.807) is 6.92 Å². The summed E-state index contributed by atoms with van der Waals surface area (Å²) in [5.41, 5.74) is 0.00273. The van der Waals surface area contributed by atoms with E-state index in [2.05, 4.69) is 9.97 Å². The Kier molecular flexibility index (Phi) is 2.45. The molecule has 2 heterocycles. The van der Waals surface area contributed by atoms with Gasteiger partial charge in [-0.3, -0.25) is 4.79 Å². The van der Waals surface area contributed by atoms with Gasteiger partial charge in [0.25, 0.3) is 5.56 Å². The maximum absolute atomic E-state index is 11.7. The second kappa shape index (κ2) is 3.69. The number of aryl methyl sites for hydroxylation is 1. The number of fused-ring (bicyclic) bond motifs is 1. The standard InChI is InChI=1S/C10H12N4O3/c1-5(2)13-8(14(16)17)4-7-9(13)11-6(3)12-10(7)15/h4-5H,1-3H3,(H,11,12,15). The fraction of sp³-hybridized carbons (Fsp3) is 0.400. The third kappa shape index (κ3) is 1.69. The van der Waals surface area contributed by atoms with Gasteiger partial charge in [0, 0.05) is 0 Å². The molecule has 0 amide bonds. The molecule has 90 valence electrons. The highest BCUT2D eigenvalue weighted by molar-refractivity contribution is 5.79. The summed E-state index contributed by atoms with van der Waals surface area (Å²) >= 11 is 0. The third-order valence-electron chi connectivity index (χ3n) is 2.51. The zero-order valence-corrected chi connectivity index (χ0v) is 9.72. The lowest BCUT2D eigenvalue weighted by Crippen LogP contribution is -2.11. The molecule has 0 atom stereocenters. The molecule has 0 aliphatic heterocycles. The molecule has 7 heteroatoms. The van der Waals surface area contributed by atoms with Crippen molar-refractivity contribution in [3.05, 3.63) is 32.4 Å². The minimum atomic E-state index is -0.504. The molecule has 0 bridgehead atoms. The van der Waals surface area contributed by atoms with Crippen LogP contribution in [0, 0.1) is 17.0 Å². The van der Waals surface area contributed by atoms with Gasteiger partial charge in [-0.15, -0.1) is 0 Å². The summed E-state index contributed by atoms with van der Waals surface area (Å²) in [5.74, 6) is 0.330. The number of hydrogen-bond donors (Lipinski definition) is 1. The first-order valence-corrected chi connectivity index (χ1v) is 5.18. The van der Waals surface area contributed by atoms with Crippen molar-refractivity contribution >= 4 is 16.9 Å². The molecule has 2 aromatic heterocycles. The molecular formula is C10H12N4O3. The molecule has 0 aromatic carbocycles. The molecule has 0 aliphatic carbocycles. The van der Waals surface area contributed by atoms with E-state index in [4.69, 9.17) is 0 Å². The Hall–Kier alpha value is -2.18. The third-order valence-corrected chi connectivity index (χ3v) is 2.51. The molecule has 7 nitrogen and oxygen atoms in total. The molecule has 17 heavy (non-hydrogen) atoms. The zero-order chi connectivity index (χ0) is 12.7. The topological polar surface area (TPSA) is 93.8 Å². The van der Waals surface area contributed by atoms with Gasteiger partial charge < -0.3 is 15.1 Å². The van der Waals surface area contributed by atoms with Gasteiger partial charge in [-0.2, -0.15) is 4.98 Å². The first kappa shape index (κ1) is 11.3. The van der Waals surface area contributed by atoms with Crippen molar-refractivity contribution < 1.29 is 4.92 Å². The van der Waals surface area contributed by atoms with Crippen molar-refractivity contribution in [2.24, 2.45) is 0 Å². The van der Waals surface area contributed by atoms with Crippen LogP contribution in [0.5, 0.6) is 0 Å². The molecule has 2 aromatic rings. The van der Waals surface area contributed by atoms with Crippen LogP contribution in [-0.2, 0) is 0 Å². The maximum Gasteiger partial charge on any atom is 0.325 e. The number of hydrogen-bond acceptors (Lipinski definition) is 4. The molecule has 0 spiro atoms. The van der Waals surface area contributed by atoms with E-state index in [0.29, 0.717) is 11.5 Å². The summed E-state index contributed by atoms with van der Waals surface area (Å²) < 4.78 is 1.46. The monoisotopic (exact) mass is 236 g/mol. The first-order valence-electron chi connectivity index (χ1n) is 5.18. The predicted octanol–water partition coefficient (Wildman–Crippen LogP) is 1.52. The molecule has 1 N–H and O–H groups in total. The smallest absolute Gasteiger partial charge is 0.325 e. The Morgan fingerprint density at radius 1 is 1.53 bits per heavy atom. The van der Waals surface area contributed by atoms with Gasteiger partial charge in [0.1, 0.15) is 11.2 Å². The summed E-state index contributed by atoms with van der Waals surface area (Å²) in [5, 5.41) is 11.2. The lowest BCUT2D eigenvalue weighted by molar-refractivity contribution is -0.392. The van der Waals surface area contributed by atoms with Crippen LogP contribution in [0.25, 0.3) is 11.0 Å². The molecule has 0 fully saturated rings. The van der Waals surface area contributed by atoms with Crippen LogP contribution >= 0.6 is 0 Å². The summed E-state index contributed by atoms with van der Waals surface area (Å²) in [6, 6.07) is 1.13. The summed E-state index contributed by atoms with van der Waals surface area (Å²) in [6.45, 7) is 5.26. The largest absolute Gasteiger partial charge is 0.358 e. The summed E-state index contributed by atoms with van der Waals surface area (Å²) in [6.07, 6.45) is 0. The highest BCUT2D eigenvalue weighted by Crippen LogP contribution is 2.25. The second-order valence-electron chi connectivity index (χ2n) is 4.11. The van der Waals surface area contributed by atoms with Crippen LogP contribution in [-0.4, -0.2) is 19.5 Å². The van der Waals surface area contributed by atoms with Gasteiger partial charge in [0.05, 0.1) is 12.1 Å². The average molecular weight is 236 g/mol. The zero-order valence-electron chi connectivity index (χ0n) is 9.72. The Bertz CT molecular complexity index is 653. The maximum atomic E-state index is 11.7. The Morgan fingerprint density at radius 2 is 2.18 bits per heavy atom. The number of aromatic nitrogens is 3. The van der Waals surface area contributed by atoms with E-state index in [1.807, 2.05) is 13.8 Å². The number of rotatable bonds is 2. The summed E-state index contributed by atoms with van der Waals surface area (Å²) in [7, 11) is 0. The van der Waals surface area contributed by atoms with Gasteiger partial charge in [-0.25, -0.2) is 4.57 Å². The molecular weight excluding hydrogens is 224 g/mol. The number of nitro groups is 1. The minimum Gasteiger partial charge on any atom is -0.358 e. The van der Waals surface area contributed by atoms with Crippen LogP contribution in [0.2, 0.25) is 0 Å². The number of nitrogens with one attached hydrogen (secondary N) is 1. The Labute approximate surface area is 96.2 Å². The Balaban J connectivity index is 2.95. The van der Waals surface area contributed by atoms with E-state index in [1.165, 1.54) is 10.6 Å². The van der Waals surface area contributed by atoms with Crippen molar-refractivity contribution in [3.63, 3.8) is 0 Å². The van der Waals surface area contributed by atoms with Crippen molar-refractivity contribution in [1.82, 2.24) is 14.5 Å². The van der Waals surface area contributed by atoms with E-state index in [-0.39, 0.29) is 22.8 Å². The lowest BCUT2D eigenvalue weighted by Gasteiger charge is -2.05. The van der Waals surface area contributed by atoms with Crippen LogP contribution < -0.4 is 5.56 Å². The van der Waals surface area contributed by atoms with Gasteiger partial charge in [0.15, 0.2) is 0 Å². The van der Waals surface area contributed by atoms with Crippen molar-refractivity contribution in [1.29, 1.82) is 0 Å².